The number of benzene rings is 1. The van der Waals surface area contributed by atoms with Crippen molar-refractivity contribution in [1.82, 2.24) is 0 Å². The molecule has 3 heteroatoms. The molecule has 0 aromatic heterocycles. The summed E-state index contributed by atoms with van der Waals surface area (Å²) in [4.78, 5) is 4.34. The molecule has 0 fully saturated rings. The van der Waals surface area contributed by atoms with Crippen molar-refractivity contribution in [3.63, 3.8) is 0 Å². The van der Waals surface area contributed by atoms with E-state index in [-0.39, 0.29) is 6.10 Å². The molecule has 0 aliphatic carbocycles. The predicted octanol–water partition coefficient (Wildman–Crippen LogP) is 2.92. The molecule has 1 aromatic rings. The number of nitrogens with zero attached hydrogens (tertiary/aromatic N) is 1. The Balaban J connectivity index is 2.30. The third-order valence-corrected chi connectivity index (χ3v) is 3.10. The fraction of sp³-hybridized carbons (Fsp3) is 0.364. The van der Waals surface area contributed by atoms with E-state index in [0.717, 1.165) is 22.5 Å². The highest BCUT2D eigenvalue weighted by Crippen LogP contribution is 2.19. The van der Waals surface area contributed by atoms with Crippen molar-refractivity contribution in [2.24, 2.45) is 4.99 Å². The Morgan fingerprint density at radius 3 is 2.86 bits per heavy atom. The molecule has 2 nitrogen and oxygen atoms in total. The van der Waals surface area contributed by atoms with E-state index in [9.17, 15) is 0 Å². The van der Waals surface area contributed by atoms with Gasteiger partial charge >= 0.3 is 0 Å². The summed E-state index contributed by atoms with van der Waals surface area (Å²) in [5.74, 6) is 0.771. The Morgan fingerprint density at radius 1 is 1.50 bits per heavy atom. The van der Waals surface area contributed by atoms with Crippen LogP contribution in [0.5, 0.6) is 0 Å². The van der Waals surface area contributed by atoms with Crippen LogP contribution in [-0.2, 0) is 4.74 Å². The van der Waals surface area contributed by atoms with Gasteiger partial charge in [-0.2, -0.15) is 0 Å². The fourth-order valence-electron chi connectivity index (χ4n) is 1.41. The fourth-order valence-corrected chi connectivity index (χ4v) is 1.66. The highest BCUT2D eigenvalue weighted by Gasteiger charge is 2.16. The van der Waals surface area contributed by atoms with Gasteiger partial charge in [-0.15, -0.1) is 0 Å². The van der Waals surface area contributed by atoms with E-state index in [1.807, 2.05) is 19.1 Å². The van der Waals surface area contributed by atoms with Gasteiger partial charge in [0.25, 0.3) is 0 Å². The lowest BCUT2D eigenvalue weighted by Crippen LogP contribution is -2.08. The highest BCUT2D eigenvalue weighted by molar-refractivity contribution is 9.10. The summed E-state index contributed by atoms with van der Waals surface area (Å²) in [6.07, 6.45) is 0.217. The number of hydrogen-bond acceptors (Lipinski definition) is 2. The molecule has 0 radical (unpaired) electrons. The zero-order valence-corrected chi connectivity index (χ0v) is 9.84. The molecule has 0 N–H and O–H groups in total. The molecule has 1 aliphatic heterocycles. The molecule has 74 valence electrons. The normalized spacial score (nSPS) is 20.5. The van der Waals surface area contributed by atoms with E-state index >= 15 is 0 Å². The maximum atomic E-state index is 5.58. The lowest BCUT2D eigenvalue weighted by atomic mass is 10.1. The molecule has 1 heterocycles. The van der Waals surface area contributed by atoms with Gasteiger partial charge in [0, 0.05) is 10.0 Å². The third kappa shape index (κ3) is 1.82. The van der Waals surface area contributed by atoms with Crippen molar-refractivity contribution in [3.8, 4) is 0 Å². The molecule has 0 spiro atoms. The number of aliphatic imine (C=N–C) groups is 1. The maximum Gasteiger partial charge on any atom is 0.216 e. The first-order valence-electron chi connectivity index (χ1n) is 4.64. The smallest absolute Gasteiger partial charge is 0.216 e. The monoisotopic (exact) mass is 253 g/mol. The first-order valence-corrected chi connectivity index (χ1v) is 5.44. The Bertz CT molecular complexity index is 387. The van der Waals surface area contributed by atoms with Gasteiger partial charge in [0.05, 0.1) is 6.54 Å². The zero-order valence-electron chi connectivity index (χ0n) is 8.25. The van der Waals surface area contributed by atoms with Crippen LogP contribution in [0.2, 0.25) is 0 Å². The molecule has 0 unspecified atom stereocenters. The molecule has 1 aromatic carbocycles. The first kappa shape index (κ1) is 9.71. The van der Waals surface area contributed by atoms with Gasteiger partial charge in [-0.25, -0.2) is 4.99 Å². The number of ether oxygens (including phenoxy) is 1. The molecule has 1 atom stereocenters. The van der Waals surface area contributed by atoms with E-state index in [0.29, 0.717) is 0 Å². The Morgan fingerprint density at radius 2 is 2.29 bits per heavy atom. The summed E-state index contributed by atoms with van der Waals surface area (Å²) in [5.41, 5.74) is 2.27. The van der Waals surface area contributed by atoms with Crippen molar-refractivity contribution in [3.05, 3.63) is 33.8 Å². The van der Waals surface area contributed by atoms with Gasteiger partial charge in [0.2, 0.25) is 5.90 Å². The van der Waals surface area contributed by atoms with Crippen LogP contribution in [0.4, 0.5) is 0 Å². The van der Waals surface area contributed by atoms with Crippen LogP contribution in [-0.4, -0.2) is 18.5 Å². The number of aryl methyl sites for hydroxylation is 1. The summed E-state index contributed by atoms with van der Waals surface area (Å²) < 4.78 is 6.70. The number of rotatable bonds is 1. The minimum atomic E-state index is 0.217. The highest BCUT2D eigenvalue weighted by atomic mass is 79.9. The average Bonchev–Trinajstić information content (AvgIpc) is 2.57. The van der Waals surface area contributed by atoms with Crippen molar-refractivity contribution < 1.29 is 4.74 Å². The SMILES string of the molecule is Cc1cc(C2=NC[C@H](C)O2)ccc1Br. The van der Waals surface area contributed by atoms with Crippen molar-refractivity contribution >= 4 is 21.8 Å². The maximum absolute atomic E-state index is 5.58. The van der Waals surface area contributed by atoms with Crippen LogP contribution in [0, 0.1) is 6.92 Å². The van der Waals surface area contributed by atoms with Gasteiger partial charge in [-0.05, 0) is 37.6 Å². The predicted molar refractivity (Wildman–Crippen MR) is 60.8 cm³/mol. The Kier molecular flexibility index (Phi) is 2.59. The number of halogens is 1. The van der Waals surface area contributed by atoms with Gasteiger partial charge < -0.3 is 4.74 Å². The standard InChI is InChI=1S/C11H12BrNO/c1-7-5-9(3-4-10(7)12)11-13-6-8(2)14-11/h3-5,8H,6H2,1-2H3/t8-/m0/s1. The second-order valence-corrected chi connectivity index (χ2v) is 4.39. The first-order chi connectivity index (χ1) is 6.66. The van der Waals surface area contributed by atoms with Gasteiger partial charge in [-0.3, -0.25) is 0 Å². The Hall–Kier alpha value is -0.830. The molecular formula is C11H12BrNO. The van der Waals surface area contributed by atoms with Crippen LogP contribution in [0.25, 0.3) is 0 Å². The van der Waals surface area contributed by atoms with Crippen LogP contribution in [0.15, 0.2) is 27.7 Å². The van der Waals surface area contributed by atoms with E-state index < -0.39 is 0 Å². The van der Waals surface area contributed by atoms with Gasteiger partial charge in [0.1, 0.15) is 6.10 Å². The largest absolute Gasteiger partial charge is 0.472 e. The van der Waals surface area contributed by atoms with Crippen molar-refractivity contribution in [2.45, 2.75) is 20.0 Å². The summed E-state index contributed by atoms with van der Waals surface area (Å²) >= 11 is 3.47. The molecular weight excluding hydrogens is 242 g/mol. The molecule has 0 saturated heterocycles. The molecule has 0 bridgehead atoms. The Labute approximate surface area is 92.1 Å². The topological polar surface area (TPSA) is 21.6 Å². The van der Waals surface area contributed by atoms with Crippen LogP contribution >= 0.6 is 15.9 Å². The minimum Gasteiger partial charge on any atom is -0.472 e. The van der Waals surface area contributed by atoms with Gasteiger partial charge in [-0.1, -0.05) is 15.9 Å². The average molecular weight is 254 g/mol. The lowest BCUT2D eigenvalue weighted by molar-refractivity contribution is 0.246. The summed E-state index contributed by atoms with van der Waals surface area (Å²) in [6.45, 7) is 4.86. The number of hydrogen-bond donors (Lipinski definition) is 0. The second-order valence-electron chi connectivity index (χ2n) is 3.54. The lowest BCUT2D eigenvalue weighted by Gasteiger charge is -2.06. The summed E-state index contributed by atoms with van der Waals surface area (Å²) in [7, 11) is 0. The van der Waals surface area contributed by atoms with Gasteiger partial charge in [0.15, 0.2) is 0 Å². The molecule has 2 rings (SSSR count). The third-order valence-electron chi connectivity index (χ3n) is 2.21. The minimum absolute atomic E-state index is 0.217. The quantitative estimate of drug-likeness (QED) is 0.755. The second kappa shape index (κ2) is 3.73. The van der Waals surface area contributed by atoms with E-state index in [1.165, 1.54) is 5.56 Å². The molecule has 14 heavy (non-hydrogen) atoms. The van der Waals surface area contributed by atoms with Crippen LogP contribution in [0.3, 0.4) is 0 Å². The van der Waals surface area contributed by atoms with Crippen molar-refractivity contribution in [2.75, 3.05) is 6.54 Å². The molecule has 1 aliphatic rings. The van der Waals surface area contributed by atoms with E-state index in [4.69, 9.17) is 4.74 Å². The van der Waals surface area contributed by atoms with E-state index in [2.05, 4.69) is 33.9 Å². The van der Waals surface area contributed by atoms with Crippen molar-refractivity contribution in [1.29, 1.82) is 0 Å². The van der Waals surface area contributed by atoms with Crippen LogP contribution < -0.4 is 0 Å². The molecule has 0 amide bonds. The summed E-state index contributed by atoms with van der Waals surface area (Å²) in [6, 6.07) is 6.13. The van der Waals surface area contributed by atoms with Crippen LogP contribution in [0.1, 0.15) is 18.1 Å². The van der Waals surface area contributed by atoms with E-state index in [1.54, 1.807) is 0 Å². The molecule has 0 saturated carbocycles. The summed E-state index contributed by atoms with van der Waals surface area (Å²) in [5, 5.41) is 0. The zero-order chi connectivity index (χ0) is 10.1.